The first-order valence-electron chi connectivity index (χ1n) is 6.65. The molecule has 0 bridgehead atoms. The summed E-state index contributed by atoms with van der Waals surface area (Å²) >= 11 is 0. The molecule has 1 aliphatic heterocycles. The van der Waals surface area contributed by atoms with Crippen molar-refractivity contribution in [1.82, 2.24) is 0 Å². The van der Waals surface area contributed by atoms with E-state index in [1.54, 1.807) is 0 Å². The van der Waals surface area contributed by atoms with Gasteiger partial charge in [-0.25, -0.2) is 0 Å². The van der Waals surface area contributed by atoms with Crippen molar-refractivity contribution in [3.05, 3.63) is 35.9 Å². The van der Waals surface area contributed by atoms with Gasteiger partial charge in [-0.3, -0.25) is 0 Å². The average Bonchev–Trinajstić information content (AvgIpc) is 3.02. The molecule has 1 aromatic rings. The van der Waals surface area contributed by atoms with Crippen molar-refractivity contribution in [2.45, 2.75) is 31.3 Å². The van der Waals surface area contributed by atoms with Gasteiger partial charge in [-0.15, -0.1) is 0 Å². The molecule has 3 rings (SSSR count). The number of hydrogen-bond acceptors (Lipinski definition) is 2. The normalized spacial score (nSPS) is 33.6. The van der Waals surface area contributed by atoms with E-state index in [1.807, 2.05) is 6.07 Å². The fraction of sp³-hybridized carbons (Fsp3) is 0.600. The second-order valence-corrected chi connectivity index (χ2v) is 5.45. The second-order valence-electron chi connectivity index (χ2n) is 5.45. The van der Waals surface area contributed by atoms with Crippen molar-refractivity contribution in [2.24, 2.45) is 11.8 Å². The van der Waals surface area contributed by atoms with Gasteiger partial charge in [-0.05, 0) is 42.6 Å². The number of aliphatic hydroxyl groups is 1. The van der Waals surface area contributed by atoms with E-state index in [9.17, 15) is 5.11 Å². The van der Waals surface area contributed by atoms with Crippen LogP contribution in [0.5, 0.6) is 0 Å². The van der Waals surface area contributed by atoms with E-state index in [2.05, 4.69) is 24.3 Å². The van der Waals surface area contributed by atoms with Gasteiger partial charge in [0.25, 0.3) is 0 Å². The molecule has 1 saturated carbocycles. The lowest BCUT2D eigenvalue weighted by Crippen LogP contribution is -2.16. The van der Waals surface area contributed by atoms with E-state index in [0.29, 0.717) is 17.8 Å². The standard InChI is InChI=1S/C15H20O2/c16-15(8-11-6-7-17-10-11)14-9-13(14)12-4-2-1-3-5-12/h1-5,11,13-16H,6-10H2. The van der Waals surface area contributed by atoms with Gasteiger partial charge in [-0.2, -0.15) is 0 Å². The van der Waals surface area contributed by atoms with Crippen molar-refractivity contribution >= 4 is 0 Å². The van der Waals surface area contributed by atoms with Gasteiger partial charge in [0.15, 0.2) is 0 Å². The van der Waals surface area contributed by atoms with Crippen molar-refractivity contribution in [3.8, 4) is 0 Å². The zero-order chi connectivity index (χ0) is 11.7. The van der Waals surface area contributed by atoms with Gasteiger partial charge in [0.05, 0.1) is 6.10 Å². The molecular weight excluding hydrogens is 212 g/mol. The van der Waals surface area contributed by atoms with Crippen LogP contribution in [-0.4, -0.2) is 24.4 Å². The minimum absolute atomic E-state index is 0.132. The van der Waals surface area contributed by atoms with E-state index >= 15 is 0 Å². The molecule has 2 heteroatoms. The number of aliphatic hydroxyl groups excluding tert-OH is 1. The van der Waals surface area contributed by atoms with Crippen molar-refractivity contribution in [2.75, 3.05) is 13.2 Å². The zero-order valence-corrected chi connectivity index (χ0v) is 10.1. The van der Waals surface area contributed by atoms with Crippen molar-refractivity contribution < 1.29 is 9.84 Å². The summed E-state index contributed by atoms with van der Waals surface area (Å²) in [6, 6.07) is 10.6. The van der Waals surface area contributed by atoms with Crippen LogP contribution in [0, 0.1) is 11.8 Å². The van der Waals surface area contributed by atoms with Gasteiger partial charge >= 0.3 is 0 Å². The fourth-order valence-corrected chi connectivity index (χ4v) is 3.01. The largest absolute Gasteiger partial charge is 0.393 e. The van der Waals surface area contributed by atoms with E-state index in [-0.39, 0.29) is 6.10 Å². The van der Waals surface area contributed by atoms with E-state index in [4.69, 9.17) is 4.74 Å². The van der Waals surface area contributed by atoms with E-state index in [0.717, 1.165) is 32.5 Å². The van der Waals surface area contributed by atoms with Crippen molar-refractivity contribution in [1.29, 1.82) is 0 Å². The SMILES string of the molecule is OC(CC1CCOC1)C1CC1c1ccccc1. The molecule has 1 heterocycles. The topological polar surface area (TPSA) is 29.5 Å². The van der Waals surface area contributed by atoms with Crippen LogP contribution < -0.4 is 0 Å². The number of benzene rings is 1. The van der Waals surface area contributed by atoms with Crippen LogP contribution in [0.1, 0.15) is 30.7 Å². The first-order chi connectivity index (χ1) is 8.34. The highest BCUT2D eigenvalue weighted by molar-refractivity contribution is 5.26. The lowest BCUT2D eigenvalue weighted by atomic mass is 9.96. The number of hydrogen-bond donors (Lipinski definition) is 1. The van der Waals surface area contributed by atoms with Crippen LogP contribution in [0.4, 0.5) is 0 Å². The zero-order valence-electron chi connectivity index (χ0n) is 10.1. The predicted octanol–water partition coefficient (Wildman–Crippen LogP) is 2.58. The van der Waals surface area contributed by atoms with E-state index in [1.165, 1.54) is 5.56 Å². The van der Waals surface area contributed by atoms with Gasteiger partial charge in [0.1, 0.15) is 0 Å². The quantitative estimate of drug-likeness (QED) is 0.864. The minimum atomic E-state index is -0.132. The summed E-state index contributed by atoms with van der Waals surface area (Å²) in [6.07, 6.45) is 3.07. The van der Waals surface area contributed by atoms with Gasteiger partial charge in [0.2, 0.25) is 0 Å². The molecule has 1 aliphatic carbocycles. The molecule has 1 N–H and O–H groups in total. The molecule has 0 amide bonds. The average molecular weight is 232 g/mol. The van der Waals surface area contributed by atoms with Crippen LogP contribution in [0.2, 0.25) is 0 Å². The lowest BCUT2D eigenvalue weighted by Gasteiger charge is -2.14. The summed E-state index contributed by atoms with van der Waals surface area (Å²) in [4.78, 5) is 0. The molecule has 4 unspecified atom stereocenters. The summed E-state index contributed by atoms with van der Waals surface area (Å²) in [7, 11) is 0. The monoisotopic (exact) mass is 232 g/mol. The smallest absolute Gasteiger partial charge is 0.0578 e. The predicted molar refractivity (Wildman–Crippen MR) is 66.8 cm³/mol. The lowest BCUT2D eigenvalue weighted by molar-refractivity contribution is 0.109. The summed E-state index contributed by atoms with van der Waals surface area (Å²) in [5.41, 5.74) is 1.39. The van der Waals surface area contributed by atoms with E-state index < -0.39 is 0 Å². The Bertz CT molecular complexity index is 356. The maximum absolute atomic E-state index is 10.2. The Kier molecular flexibility index (Phi) is 3.17. The molecule has 92 valence electrons. The highest BCUT2D eigenvalue weighted by Gasteiger charge is 2.43. The van der Waals surface area contributed by atoms with Crippen LogP contribution in [0.25, 0.3) is 0 Å². The van der Waals surface area contributed by atoms with Gasteiger partial charge < -0.3 is 9.84 Å². The highest BCUT2D eigenvalue weighted by atomic mass is 16.5. The molecule has 2 nitrogen and oxygen atoms in total. The Morgan fingerprint density at radius 2 is 2.12 bits per heavy atom. The molecule has 1 aromatic carbocycles. The Hall–Kier alpha value is -0.860. The Labute approximate surface area is 103 Å². The number of rotatable bonds is 4. The maximum Gasteiger partial charge on any atom is 0.0578 e. The minimum Gasteiger partial charge on any atom is -0.393 e. The third kappa shape index (κ3) is 2.53. The Morgan fingerprint density at radius 3 is 2.82 bits per heavy atom. The summed E-state index contributed by atoms with van der Waals surface area (Å²) in [6.45, 7) is 1.73. The van der Waals surface area contributed by atoms with Gasteiger partial charge in [0, 0.05) is 13.2 Å². The van der Waals surface area contributed by atoms with Crippen LogP contribution in [-0.2, 0) is 4.74 Å². The van der Waals surface area contributed by atoms with Gasteiger partial charge in [-0.1, -0.05) is 30.3 Å². The van der Waals surface area contributed by atoms with Crippen LogP contribution in [0.3, 0.4) is 0 Å². The molecule has 0 radical (unpaired) electrons. The molecule has 1 saturated heterocycles. The third-order valence-electron chi connectivity index (χ3n) is 4.16. The molecular formula is C15H20O2. The molecule has 0 spiro atoms. The van der Waals surface area contributed by atoms with Crippen molar-refractivity contribution in [3.63, 3.8) is 0 Å². The summed E-state index contributed by atoms with van der Waals surface area (Å²) < 4.78 is 5.36. The van der Waals surface area contributed by atoms with Crippen LogP contribution in [0.15, 0.2) is 30.3 Å². The maximum atomic E-state index is 10.2. The molecule has 2 fully saturated rings. The summed E-state index contributed by atoms with van der Waals surface area (Å²) in [5.74, 6) is 1.66. The summed E-state index contributed by atoms with van der Waals surface area (Å²) in [5, 5.41) is 10.2. The fourth-order valence-electron chi connectivity index (χ4n) is 3.01. The molecule has 17 heavy (non-hydrogen) atoms. The number of ether oxygens (including phenoxy) is 1. The molecule has 2 aliphatic rings. The molecule has 0 aromatic heterocycles. The Balaban J connectivity index is 1.53. The molecule has 4 atom stereocenters. The van der Waals surface area contributed by atoms with Crippen LogP contribution >= 0.6 is 0 Å². The first kappa shape index (κ1) is 11.2. The third-order valence-corrected chi connectivity index (χ3v) is 4.16. The highest BCUT2D eigenvalue weighted by Crippen LogP contribution is 2.50. The first-order valence-corrected chi connectivity index (χ1v) is 6.65. The Morgan fingerprint density at radius 1 is 1.29 bits per heavy atom. The second kappa shape index (κ2) is 4.79.